The standard InChI is InChI=1S/C24H23F3N4O7S3/c25-24(26,27)40(35,36)21-7-4-17(5-8-21)29-18-10-12-30(13-11-18)41(37,38)22-9-6-20(39-22)15-28-23(32)16-2-1-3-19(14-16)31(33)34/h1-9,14,18,29H,10-13,15H2,(H,28,32). The van der Waals surface area contributed by atoms with Crippen LogP contribution >= 0.6 is 11.3 Å². The largest absolute Gasteiger partial charge is 0.501 e. The number of anilines is 1. The number of hydrogen-bond acceptors (Lipinski definition) is 9. The van der Waals surface area contributed by atoms with Gasteiger partial charge in [-0.1, -0.05) is 6.07 Å². The summed E-state index contributed by atoms with van der Waals surface area (Å²) in [6.07, 6.45) is 0.804. The van der Waals surface area contributed by atoms with Crippen LogP contribution in [0.2, 0.25) is 0 Å². The molecular formula is C24H23F3N4O7S3. The molecule has 17 heteroatoms. The van der Waals surface area contributed by atoms with Crippen LogP contribution < -0.4 is 10.6 Å². The van der Waals surface area contributed by atoms with Crippen molar-refractivity contribution >= 4 is 48.5 Å². The lowest BCUT2D eigenvalue weighted by Gasteiger charge is -2.31. The zero-order valence-corrected chi connectivity index (χ0v) is 23.4. The van der Waals surface area contributed by atoms with E-state index in [0.29, 0.717) is 23.4 Å². The monoisotopic (exact) mass is 632 g/mol. The van der Waals surface area contributed by atoms with Gasteiger partial charge in [0.05, 0.1) is 16.4 Å². The average Bonchev–Trinajstić information content (AvgIpc) is 3.42. The molecule has 4 rings (SSSR count). The molecule has 0 radical (unpaired) electrons. The van der Waals surface area contributed by atoms with E-state index in [9.17, 15) is 44.9 Å². The highest BCUT2D eigenvalue weighted by Gasteiger charge is 2.46. The Morgan fingerprint density at radius 3 is 2.29 bits per heavy atom. The maximum atomic E-state index is 13.2. The smallest absolute Gasteiger partial charge is 0.382 e. The first kappa shape index (κ1) is 30.4. The molecule has 1 amide bonds. The molecule has 0 aliphatic carbocycles. The number of alkyl halides is 3. The number of carbonyl (C=O) groups excluding carboxylic acids is 1. The van der Waals surface area contributed by atoms with Gasteiger partial charge in [-0.25, -0.2) is 16.8 Å². The number of sulfone groups is 1. The third-order valence-corrected chi connectivity index (χ3v) is 11.2. The SMILES string of the molecule is O=C(NCc1ccc(S(=O)(=O)N2CCC(Nc3ccc(S(=O)(=O)C(F)(F)F)cc3)CC2)s1)c1cccc([N+](=O)[O-])c1. The van der Waals surface area contributed by atoms with Crippen molar-refractivity contribution in [1.29, 1.82) is 0 Å². The highest BCUT2D eigenvalue weighted by atomic mass is 32.2. The summed E-state index contributed by atoms with van der Waals surface area (Å²) in [6, 6.07) is 12.2. The summed E-state index contributed by atoms with van der Waals surface area (Å²) in [7, 11) is -9.26. The van der Waals surface area contributed by atoms with Crippen molar-refractivity contribution in [2.24, 2.45) is 0 Å². The Bertz CT molecular complexity index is 1650. The lowest BCUT2D eigenvalue weighted by molar-refractivity contribution is -0.384. The number of benzene rings is 2. The Kier molecular flexibility index (Phi) is 8.72. The summed E-state index contributed by atoms with van der Waals surface area (Å²) in [5.74, 6) is -0.544. The molecule has 0 bridgehead atoms. The van der Waals surface area contributed by atoms with Crippen LogP contribution in [-0.2, 0) is 26.4 Å². The van der Waals surface area contributed by atoms with Gasteiger partial charge >= 0.3 is 5.51 Å². The predicted octanol–water partition coefficient (Wildman–Crippen LogP) is 4.15. The van der Waals surface area contributed by atoms with E-state index in [1.54, 1.807) is 6.07 Å². The lowest BCUT2D eigenvalue weighted by Crippen LogP contribution is -2.42. The molecule has 2 aromatic carbocycles. The van der Waals surface area contributed by atoms with E-state index in [4.69, 9.17) is 0 Å². The number of nitrogens with one attached hydrogen (secondary N) is 2. The number of thiophene rings is 1. The third kappa shape index (κ3) is 6.86. The molecule has 0 saturated carbocycles. The van der Waals surface area contributed by atoms with Crippen molar-refractivity contribution in [2.45, 2.75) is 40.0 Å². The molecule has 41 heavy (non-hydrogen) atoms. The van der Waals surface area contributed by atoms with E-state index in [1.807, 2.05) is 0 Å². The number of carbonyl (C=O) groups is 1. The quantitative estimate of drug-likeness (QED) is 0.263. The maximum Gasteiger partial charge on any atom is 0.501 e. The van der Waals surface area contributed by atoms with E-state index >= 15 is 0 Å². The Hall–Kier alpha value is -3.54. The van der Waals surface area contributed by atoms with Crippen LogP contribution in [0.5, 0.6) is 0 Å². The molecule has 1 fully saturated rings. The molecule has 2 N–H and O–H groups in total. The Labute approximate surface area is 237 Å². The van der Waals surface area contributed by atoms with E-state index in [1.165, 1.54) is 40.7 Å². The minimum Gasteiger partial charge on any atom is -0.382 e. The van der Waals surface area contributed by atoms with Crippen LogP contribution in [0.4, 0.5) is 24.5 Å². The summed E-state index contributed by atoms with van der Waals surface area (Å²) in [5.41, 5.74) is -5.12. The number of nitro benzene ring substituents is 1. The van der Waals surface area contributed by atoms with Crippen LogP contribution in [-0.4, -0.2) is 56.6 Å². The zero-order chi connectivity index (χ0) is 30.0. The molecule has 0 unspecified atom stereocenters. The summed E-state index contributed by atoms with van der Waals surface area (Å²) >= 11 is 0.990. The number of halogens is 3. The van der Waals surface area contributed by atoms with Crippen LogP contribution in [0.3, 0.4) is 0 Å². The van der Waals surface area contributed by atoms with Gasteiger partial charge < -0.3 is 10.6 Å². The highest BCUT2D eigenvalue weighted by molar-refractivity contribution is 7.92. The number of piperidine rings is 1. The number of non-ortho nitro benzene ring substituents is 1. The van der Waals surface area contributed by atoms with Crippen molar-refractivity contribution in [2.75, 3.05) is 18.4 Å². The van der Waals surface area contributed by atoms with Crippen molar-refractivity contribution in [1.82, 2.24) is 9.62 Å². The minimum atomic E-state index is -5.44. The predicted molar refractivity (Wildman–Crippen MR) is 144 cm³/mol. The molecule has 1 saturated heterocycles. The number of amides is 1. The number of hydrogen-bond donors (Lipinski definition) is 2. The second-order valence-corrected chi connectivity index (χ2v) is 14.3. The maximum absolute atomic E-state index is 13.2. The molecule has 220 valence electrons. The number of sulfonamides is 1. The topological polar surface area (TPSA) is 156 Å². The highest BCUT2D eigenvalue weighted by Crippen LogP contribution is 2.31. The Morgan fingerprint density at radius 1 is 1.02 bits per heavy atom. The fourth-order valence-corrected chi connectivity index (χ4v) is 7.77. The van der Waals surface area contributed by atoms with Gasteiger partial charge in [-0.3, -0.25) is 14.9 Å². The van der Waals surface area contributed by atoms with Crippen LogP contribution in [0.15, 0.2) is 69.8 Å². The van der Waals surface area contributed by atoms with Crippen molar-refractivity contribution in [3.63, 3.8) is 0 Å². The Balaban J connectivity index is 1.31. The number of nitrogens with zero attached hydrogens (tertiary/aromatic N) is 2. The summed E-state index contributed by atoms with van der Waals surface area (Å²) < 4.78 is 88.9. The van der Waals surface area contributed by atoms with Gasteiger partial charge in [-0.2, -0.15) is 17.5 Å². The first-order valence-electron chi connectivity index (χ1n) is 12.0. The lowest BCUT2D eigenvalue weighted by atomic mass is 10.1. The van der Waals surface area contributed by atoms with Gasteiger partial charge in [0.15, 0.2) is 0 Å². The zero-order valence-electron chi connectivity index (χ0n) is 21.0. The molecule has 3 aromatic rings. The van der Waals surface area contributed by atoms with E-state index in [2.05, 4.69) is 10.6 Å². The van der Waals surface area contributed by atoms with E-state index < -0.39 is 41.1 Å². The van der Waals surface area contributed by atoms with Gasteiger partial charge in [-0.15, -0.1) is 11.3 Å². The number of nitro groups is 1. The van der Waals surface area contributed by atoms with Crippen molar-refractivity contribution < 1.29 is 39.7 Å². The second-order valence-electron chi connectivity index (χ2n) is 9.01. The molecule has 1 aromatic heterocycles. The first-order chi connectivity index (χ1) is 19.2. The molecule has 0 spiro atoms. The first-order valence-corrected chi connectivity index (χ1v) is 15.7. The molecule has 0 atom stereocenters. The third-order valence-electron chi connectivity index (χ3n) is 6.27. The van der Waals surface area contributed by atoms with Crippen LogP contribution in [0, 0.1) is 10.1 Å². The summed E-state index contributed by atoms with van der Waals surface area (Å²) in [6.45, 7) is 0.380. The normalized spacial score (nSPS) is 15.4. The minimum absolute atomic E-state index is 0.0246. The molecule has 11 nitrogen and oxygen atoms in total. The summed E-state index contributed by atoms with van der Waals surface area (Å²) in [5, 5.41) is 16.6. The molecule has 2 heterocycles. The van der Waals surface area contributed by atoms with Gasteiger partial charge in [0, 0.05) is 47.4 Å². The van der Waals surface area contributed by atoms with Crippen LogP contribution in [0.1, 0.15) is 28.1 Å². The second kappa shape index (κ2) is 11.8. The van der Waals surface area contributed by atoms with Crippen LogP contribution in [0.25, 0.3) is 0 Å². The fourth-order valence-electron chi connectivity index (χ4n) is 4.09. The summed E-state index contributed by atoms with van der Waals surface area (Å²) in [4.78, 5) is 22.4. The average molecular weight is 633 g/mol. The van der Waals surface area contributed by atoms with E-state index in [0.717, 1.165) is 29.5 Å². The van der Waals surface area contributed by atoms with Gasteiger partial charge in [0.1, 0.15) is 4.21 Å². The van der Waals surface area contributed by atoms with Gasteiger partial charge in [-0.05, 0) is 55.3 Å². The molecule has 1 aliphatic rings. The van der Waals surface area contributed by atoms with Gasteiger partial charge in [0.2, 0.25) is 0 Å². The van der Waals surface area contributed by atoms with Gasteiger partial charge in [0.25, 0.3) is 31.5 Å². The number of rotatable bonds is 9. The van der Waals surface area contributed by atoms with Crippen molar-refractivity contribution in [3.8, 4) is 0 Å². The Morgan fingerprint density at radius 2 is 1.68 bits per heavy atom. The molecular weight excluding hydrogens is 609 g/mol. The van der Waals surface area contributed by atoms with E-state index in [-0.39, 0.29) is 41.1 Å². The fraction of sp³-hybridized carbons (Fsp3) is 0.292. The molecule has 1 aliphatic heterocycles. The van der Waals surface area contributed by atoms with Crippen molar-refractivity contribution in [3.05, 3.63) is 81.2 Å².